The molecule has 1 amide bonds. The second-order valence-corrected chi connectivity index (χ2v) is 8.72. The lowest BCUT2D eigenvalue weighted by molar-refractivity contribution is 0.0494. The highest BCUT2D eigenvalue weighted by molar-refractivity contribution is 5.68. The summed E-state index contributed by atoms with van der Waals surface area (Å²) in [5, 5.41) is 6.82. The van der Waals surface area contributed by atoms with Gasteiger partial charge in [0.25, 0.3) is 0 Å². The molecular formula is C18H33N3O2. The van der Waals surface area contributed by atoms with Gasteiger partial charge in [-0.1, -0.05) is 0 Å². The molecule has 1 aliphatic carbocycles. The number of ether oxygens (including phenoxy) is 1. The maximum Gasteiger partial charge on any atom is 0.407 e. The summed E-state index contributed by atoms with van der Waals surface area (Å²) in [5.41, 5.74) is -0.432. The number of alkyl carbamates (subject to hydrolysis) is 1. The number of nitrogens with zero attached hydrogens (tertiary/aromatic N) is 1. The van der Waals surface area contributed by atoms with Gasteiger partial charge < -0.3 is 20.3 Å². The average molecular weight is 323 g/mol. The van der Waals surface area contributed by atoms with Crippen molar-refractivity contribution in [3.63, 3.8) is 0 Å². The monoisotopic (exact) mass is 323 g/mol. The first-order valence-corrected chi connectivity index (χ1v) is 9.26. The van der Waals surface area contributed by atoms with Crippen molar-refractivity contribution in [2.45, 2.75) is 89.1 Å². The molecule has 1 saturated carbocycles. The fourth-order valence-corrected chi connectivity index (χ4v) is 4.16. The molecule has 0 spiro atoms. The minimum Gasteiger partial charge on any atom is -0.444 e. The van der Waals surface area contributed by atoms with Gasteiger partial charge in [0.15, 0.2) is 0 Å². The van der Waals surface area contributed by atoms with E-state index in [9.17, 15) is 4.79 Å². The fourth-order valence-electron chi connectivity index (χ4n) is 4.16. The lowest BCUT2D eigenvalue weighted by Crippen LogP contribution is -2.51. The molecule has 3 atom stereocenters. The molecule has 2 bridgehead atoms. The third-order valence-corrected chi connectivity index (χ3v) is 5.62. The van der Waals surface area contributed by atoms with Crippen LogP contribution in [0.2, 0.25) is 0 Å². The SMILES string of the molecule is CN1C2CCC1CC(NCC(NC(=O)OC(C)(C)C)C1CC1)C2. The number of amides is 1. The van der Waals surface area contributed by atoms with Crippen LogP contribution in [0.1, 0.15) is 59.3 Å². The summed E-state index contributed by atoms with van der Waals surface area (Å²) in [4.78, 5) is 14.6. The maximum atomic E-state index is 12.0. The quantitative estimate of drug-likeness (QED) is 0.816. The summed E-state index contributed by atoms with van der Waals surface area (Å²) in [6, 6.07) is 2.32. The van der Waals surface area contributed by atoms with Crippen molar-refractivity contribution in [3.8, 4) is 0 Å². The lowest BCUT2D eigenvalue weighted by atomic mass is 9.97. The summed E-state index contributed by atoms with van der Waals surface area (Å²) in [6.07, 6.45) is 7.36. The molecule has 0 aromatic carbocycles. The Morgan fingerprint density at radius 3 is 2.30 bits per heavy atom. The van der Waals surface area contributed by atoms with Gasteiger partial charge in [-0.2, -0.15) is 0 Å². The molecule has 2 N–H and O–H groups in total. The third kappa shape index (κ3) is 4.60. The number of hydrogen-bond acceptors (Lipinski definition) is 4. The van der Waals surface area contributed by atoms with E-state index in [2.05, 4.69) is 22.6 Å². The van der Waals surface area contributed by atoms with Crippen molar-refractivity contribution in [3.05, 3.63) is 0 Å². The average Bonchev–Trinajstić information content (AvgIpc) is 3.24. The number of fused-ring (bicyclic) bond motifs is 2. The Bertz CT molecular complexity index is 416. The molecule has 23 heavy (non-hydrogen) atoms. The van der Waals surface area contributed by atoms with Crippen molar-refractivity contribution >= 4 is 6.09 Å². The molecule has 3 rings (SSSR count). The second kappa shape index (κ2) is 6.60. The molecule has 5 heteroatoms. The van der Waals surface area contributed by atoms with Gasteiger partial charge in [-0.3, -0.25) is 0 Å². The zero-order valence-corrected chi connectivity index (χ0v) is 15.1. The molecular weight excluding hydrogens is 290 g/mol. The predicted molar refractivity (Wildman–Crippen MR) is 91.5 cm³/mol. The van der Waals surface area contributed by atoms with E-state index in [0.717, 1.165) is 18.6 Å². The predicted octanol–water partition coefficient (Wildman–Crippen LogP) is 2.50. The summed E-state index contributed by atoms with van der Waals surface area (Å²) in [5.74, 6) is 0.623. The molecule has 3 unspecified atom stereocenters. The van der Waals surface area contributed by atoms with Gasteiger partial charge in [0.2, 0.25) is 0 Å². The maximum absolute atomic E-state index is 12.0. The Labute approximate surface area is 140 Å². The Balaban J connectivity index is 1.46. The van der Waals surface area contributed by atoms with E-state index < -0.39 is 5.60 Å². The van der Waals surface area contributed by atoms with Crippen molar-refractivity contribution in [1.29, 1.82) is 0 Å². The van der Waals surface area contributed by atoms with E-state index in [0.29, 0.717) is 12.0 Å². The Morgan fingerprint density at radius 2 is 1.78 bits per heavy atom. The first-order chi connectivity index (χ1) is 10.8. The van der Waals surface area contributed by atoms with Crippen LogP contribution in [0.25, 0.3) is 0 Å². The summed E-state index contributed by atoms with van der Waals surface area (Å²) in [7, 11) is 2.27. The molecule has 0 aromatic heterocycles. The summed E-state index contributed by atoms with van der Waals surface area (Å²) in [6.45, 7) is 6.60. The normalized spacial score (nSPS) is 32.6. The van der Waals surface area contributed by atoms with Gasteiger partial charge >= 0.3 is 6.09 Å². The van der Waals surface area contributed by atoms with Crippen LogP contribution in [0.5, 0.6) is 0 Å². The van der Waals surface area contributed by atoms with Crippen LogP contribution in [-0.2, 0) is 4.74 Å². The van der Waals surface area contributed by atoms with Crippen molar-refractivity contribution in [2.24, 2.45) is 5.92 Å². The molecule has 0 radical (unpaired) electrons. The number of piperidine rings is 1. The fraction of sp³-hybridized carbons (Fsp3) is 0.944. The van der Waals surface area contributed by atoms with E-state index in [-0.39, 0.29) is 12.1 Å². The Kier molecular flexibility index (Phi) is 4.88. The molecule has 2 saturated heterocycles. The third-order valence-electron chi connectivity index (χ3n) is 5.62. The van der Waals surface area contributed by atoms with Gasteiger partial charge in [0.05, 0.1) is 0 Å². The van der Waals surface area contributed by atoms with Crippen LogP contribution >= 0.6 is 0 Å². The van der Waals surface area contributed by atoms with Crippen LogP contribution in [0.4, 0.5) is 4.79 Å². The summed E-state index contributed by atoms with van der Waals surface area (Å²) >= 11 is 0. The highest BCUT2D eigenvalue weighted by Crippen LogP contribution is 2.35. The van der Waals surface area contributed by atoms with E-state index in [1.165, 1.54) is 38.5 Å². The Morgan fingerprint density at radius 1 is 1.17 bits per heavy atom. The first kappa shape index (κ1) is 17.0. The molecule has 132 valence electrons. The molecule has 0 aromatic rings. The summed E-state index contributed by atoms with van der Waals surface area (Å²) < 4.78 is 5.41. The van der Waals surface area contributed by atoms with Gasteiger partial charge in [-0.15, -0.1) is 0 Å². The van der Waals surface area contributed by atoms with Crippen molar-refractivity contribution < 1.29 is 9.53 Å². The molecule has 3 aliphatic rings. The van der Waals surface area contributed by atoms with Crippen LogP contribution in [-0.4, -0.2) is 54.4 Å². The van der Waals surface area contributed by atoms with E-state index >= 15 is 0 Å². The molecule has 3 fully saturated rings. The highest BCUT2D eigenvalue weighted by atomic mass is 16.6. The van der Waals surface area contributed by atoms with Crippen LogP contribution in [0.15, 0.2) is 0 Å². The first-order valence-electron chi connectivity index (χ1n) is 9.26. The van der Waals surface area contributed by atoms with Gasteiger partial charge in [-0.25, -0.2) is 4.79 Å². The van der Waals surface area contributed by atoms with Crippen molar-refractivity contribution in [1.82, 2.24) is 15.5 Å². The van der Waals surface area contributed by atoms with Crippen molar-refractivity contribution in [2.75, 3.05) is 13.6 Å². The molecule has 2 heterocycles. The largest absolute Gasteiger partial charge is 0.444 e. The Hall–Kier alpha value is -0.810. The van der Waals surface area contributed by atoms with Gasteiger partial charge in [0, 0.05) is 30.7 Å². The van der Waals surface area contributed by atoms with Crippen LogP contribution in [0.3, 0.4) is 0 Å². The van der Waals surface area contributed by atoms with Gasteiger partial charge in [-0.05, 0) is 72.3 Å². The van der Waals surface area contributed by atoms with E-state index in [4.69, 9.17) is 4.74 Å². The number of rotatable bonds is 5. The number of nitrogens with one attached hydrogen (secondary N) is 2. The van der Waals surface area contributed by atoms with Crippen LogP contribution < -0.4 is 10.6 Å². The van der Waals surface area contributed by atoms with Crippen LogP contribution in [0, 0.1) is 5.92 Å². The number of carbonyl (C=O) groups is 1. The smallest absolute Gasteiger partial charge is 0.407 e. The standard InChI is InChI=1S/C18H33N3O2/c1-18(2,3)23-17(22)20-16(12-5-6-12)11-19-13-9-14-7-8-15(10-13)21(14)4/h12-16,19H,5-11H2,1-4H3,(H,20,22). The van der Waals surface area contributed by atoms with E-state index in [1.54, 1.807) is 0 Å². The zero-order chi connectivity index (χ0) is 16.6. The number of hydrogen-bond donors (Lipinski definition) is 2. The molecule has 5 nitrogen and oxygen atoms in total. The molecule has 2 aliphatic heterocycles. The second-order valence-electron chi connectivity index (χ2n) is 8.72. The minimum atomic E-state index is -0.432. The van der Waals surface area contributed by atoms with E-state index in [1.807, 2.05) is 20.8 Å². The minimum absolute atomic E-state index is 0.210. The zero-order valence-electron chi connectivity index (χ0n) is 15.1. The topological polar surface area (TPSA) is 53.6 Å². The highest BCUT2D eigenvalue weighted by Gasteiger charge is 2.39. The lowest BCUT2D eigenvalue weighted by Gasteiger charge is -2.37. The number of carbonyl (C=O) groups excluding carboxylic acids is 1. The van der Waals surface area contributed by atoms with Gasteiger partial charge in [0.1, 0.15) is 5.60 Å².